The number of anilines is 1. The van der Waals surface area contributed by atoms with E-state index < -0.39 is 0 Å². The fourth-order valence-corrected chi connectivity index (χ4v) is 2.79. The molecule has 0 radical (unpaired) electrons. The summed E-state index contributed by atoms with van der Waals surface area (Å²) in [6, 6.07) is 17.6. The van der Waals surface area contributed by atoms with Crippen molar-refractivity contribution in [1.82, 2.24) is 5.32 Å². The van der Waals surface area contributed by atoms with Gasteiger partial charge in [-0.15, -0.1) is 0 Å². The molecule has 1 saturated heterocycles. The van der Waals surface area contributed by atoms with Crippen LogP contribution >= 0.6 is 0 Å². The van der Waals surface area contributed by atoms with Crippen molar-refractivity contribution in [1.29, 1.82) is 0 Å². The Hall–Kier alpha value is -1.87. The third-order valence-corrected chi connectivity index (χ3v) is 3.81. The van der Waals surface area contributed by atoms with Gasteiger partial charge in [-0.3, -0.25) is 0 Å². The van der Waals surface area contributed by atoms with Gasteiger partial charge in [-0.1, -0.05) is 30.3 Å². The first-order chi connectivity index (χ1) is 9.84. The highest BCUT2D eigenvalue weighted by Gasteiger charge is 2.22. The van der Waals surface area contributed by atoms with E-state index in [4.69, 9.17) is 0 Å². The zero-order valence-electron chi connectivity index (χ0n) is 11.4. The predicted octanol–water partition coefficient (Wildman–Crippen LogP) is 3.37. The van der Waals surface area contributed by atoms with Crippen LogP contribution in [0.2, 0.25) is 0 Å². The summed E-state index contributed by atoms with van der Waals surface area (Å²) in [4.78, 5) is 2.41. The number of benzene rings is 2. The van der Waals surface area contributed by atoms with Crippen LogP contribution in [0.15, 0.2) is 54.6 Å². The fourth-order valence-electron chi connectivity index (χ4n) is 2.79. The van der Waals surface area contributed by atoms with Crippen molar-refractivity contribution in [3.05, 3.63) is 66.0 Å². The number of nitrogens with one attached hydrogen (secondary N) is 1. The Morgan fingerprint density at radius 2 is 1.75 bits per heavy atom. The third-order valence-electron chi connectivity index (χ3n) is 3.81. The van der Waals surface area contributed by atoms with Gasteiger partial charge in [0.15, 0.2) is 0 Å². The standard InChI is InChI=1S/C17H19FN2/c18-15-9-7-14(8-10-15)17-13-19-11-4-12-20(17)16-5-2-1-3-6-16/h1-3,5-10,17,19H,4,11-13H2/t17-/m0/s1. The number of para-hydroxylation sites is 1. The molecule has 0 bridgehead atoms. The summed E-state index contributed by atoms with van der Waals surface area (Å²) in [5.41, 5.74) is 2.38. The second-order valence-corrected chi connectivity index (χ2v) is 5.15. The summed E-state index contributed by atoms with van der Waals surface area (Å²) in [7, 11) is 0. The molecule has 0 saturated carbocycles. The first kappa shape index (κ1) is 13.1. The Morgan fingerprint density at radius 3 is 2.50 bits per heavy atom. The Labute approximate surface area is 119 Å². The third kappa shape index (κ3) is 2.83. The number of rotatable bonds is 2. The van der Waals surface area contributed by atoms with E-state index in [9.17, 15) is 4.39 Å². The second kappa shape index (κ2) is 6.06. The monoisotopic (exact) mass is 270 g/mol. The van der Waals surface area contributed by atoms with E-state index in [2.05, 4.69) is 34.5 Å². The maximum absolute atomic E-state index is 13.1. The predicted molar refractivity (Wildman–Crippen MR) is 80.4 cm³/mol. The van der Waals surface area contributed by atoms with Crippen LogP contribution in [0.1, 0.15) is 18.0 Å². The van der Waals surface area contributed by atoms with Crippen molar-refractivity contribution >= 4 is 5.69 Å². The lowest BCUT2D eigenvalue weighted by Gasteiger charge is -2.32. The van der Waals surface area contributed by atoms with Crippen molar-refractivity contribution in [2.75, 3.05) is 24.5 Å². The van der Waals surface area contributed by atoms with Gasteiger partial charge in [0, 0.05) is 18.8 Å². The van der Waals surface area contributed by atoms with Crippen molar-refractivity contribution in [2.45, 2.75) is 12.5 Å². The minimum Gasteiger partial charge on any atom is -0.363 e. The van der Waals surface area contributed by atoms with Crippen LogP contribution in [-0.4, -0.2) is 19.6 Å². The zero-order valence-corrected chi connectivity index (χ0v) is 11.4. The van der Waals surface area contributed by atoms with Gasteiger partial charge in [0.1, 0.15) is 5.82 Å². The topological polar surface area (TPSA) is 15.3 Å². The van der Waals surface area contributed by atoms with Gasteiger partial charge >= 0.3 is 0 Å². The van der Waals surface area contributed by atoms with Gasteiger partial charge < -0.3 is 10.2 Å². The molecule has 2 nitrogen and oxygen atoms in total. The average Bonchev–Trinajstić information content (AvgIpc) is 2.75. The molecule has 0 unspecified atom stereocenters. The highest BCUT2D eigenvalue weighted by atomic mass is 19.1. The van der Waals surface area contributed by atoms with Crippen LogP contribution in [0.3, 0.4) is 0 Å². The van der Waals surface area contributed by atoms with Gasteiger partial charge in [0.2, 0.25) is 0 Å². The lowest BCUT2D eigenvalue weighted by Crippen LogP contribution is -2.32. The summed E-state index contributed by atoms with van der Waals surface area (Å²) in [6.45, 7) is 2.93. The first-order valence-electron chi connectivity index (χ1n) is 7.12. The molecule has 1 heterocycles. The molecule has 1 N–H and O–H groups in total. The first-order valence-corrected chi connectivity index (χ1v) is 7.12. The molecular weight excluding hydrogens is 251 g/mol. The fraction of sp³-hybridized carbons (Fsp3) is 0.294. The van der Waals surface area contributed by atoms with Gasteiger partial charge in [-0.2, -0.15) is 0 Å². The maximum atomic E-state index is 13.1. The summed E-state index contributed by atoms with van der Waals surface area (Å²) in [5.74, 6) is -0.179. The molecule has 0 aromatic heterocycles. The molecule has 3 heteroatoms. The Bertz CT molecular complexity index is 539. The zero-order chi connectivity index (χ0) is 13.8. The smallest absolute Gasteiger partial charge is 0.123 e. The molecule has 2 aromatic carbocycles. The number of hydrogen-bond donors (Lipinski definition) is 1. The van der Waals surface area contributed by atoms with Crippen LogP contribution < -0.4 is 10.2 Å². The molecule has 0 spiro atoms. The van der Waals surface area contributed by atoms with Crippen LogP contribution in [0.25, 0.3) is 0 Å². The summed E-state index contributed by atoms with van der Waals surface area (Å²) in [6.07, 6.45) is 1.12. The van der Waals surface area contributed by atoms with Gasteiger partial charge in [0.05, 0.1) is 6.04 Å². The molecule has 20 heavy (non-hydrogen) atoms. The Kier molecular flexibility index (Phi) is 3.97. The van der Waals surface area contributed by atoms with Crippen LogP contribution in [0, 0.1) is 5.82 Å². The minimum atomic E-state index is -0.179. The molecular formula is C17H19FN2. The van der Waals surface area contributed by atoms with E-state index in [0.29, 0.717) is 0 Å². The average molecular weight is 270 g/mol. The molecule has 1 aliphatic heterocycles. The van der Waals surface area contributed by atoms with Crippen molar-refractivity contribution < 1.29 is 4.39 Å². The van der Waals surface area contributed by atoms with E-state index >= 15 is 0 Å². The van der Waals surface area contributed by atoms with E-state index in [1.54, 1.807) is 12.1 Å². The minimum absolute atomic E-state index is 0.179. The SMILES string of the molecule is Fc1ccc([C@@H]2CNCCCN2c2ccccc2)cc1. The lowest BCUT2D eigenvalue weighted by molar-refractivity contribution is 0.606. The summed E-state index contributed by atoms with van der Waals surface area (Å²) < 4.78 is 13.1. The molecule has 2 aromatic rings. The molecule has 1 aliphatic rings. The second-order valence-electron chi connectivity index (χ2n) is 5.15. The van der Waals surface area contributed by atoms with Gasteiger partial charge in [-0.05, 0) is 42.8 Å². The normalized spacial score (nSPS) is 19.6. The van der Waals surface area contributed by atoms with E-state index in [1.165, 1.54) is 5.69 Å². The molecule has 1 atom stereocenters. The Balaban J connectivity index is 1.93. The van der Waals surface area contributed by atoms with Crippen LogP contribution in [0.5, 0.6) is 0 Å². The van der Waals surface area contributed by atoms with E-state index in [0.717, 1.165) is 31.6 Å². The molecule has 3 rings (SSSR count). The van der Waals surface area contributed by atoms with E-state index in [1.807, 2.05) is 18.2 Å². The lowest BCUT2D eigenvalue weighted by atomic mass is 10.0. The summed E-state index contributed by atoms with van der Waals surface area (Å²) >= 11 is 0. The number of halogens is 1. The molecule has 1 fully saturated rings. The quantitative estimate of drug-likeness (QED) is 0.900. The van der Waals surface area contributed by atoms with Crippen molar-refractivity contribution in [3.63, 3.8) is 0 Å². The highest BCUT2D eigenvalue weighted by molar-refractivity contribution is 5.49. The van der Waals surface area contributed by atoms with Crippen molar-refractivity contribution in [2.24, 2.45) is 0 Å². The van der Waals surface area contributed by atoms with Gasteiger partial charge in [-0.25, -0.2) is 4.39 Å². The number of nitrogens with zero attached hydrogens (tertiary/aromatic N) is 1. The molecule has 0 aliphatic carbocycles. The maximum Gasteiger partial charge on any atom is 0.123 e. The molecule has 0 amide bonds. The van der Waals surface area contributed by atoms with E-state index in [-0.39, 0.29) is 11.9 Å². The van der Waals surface area contributed by atoms with Crippen LogP contribution in [-0.2, 0) is 0 Å². The van der Waals surface area contributed by atoms with Crippen LogP contribution in [0.4, 0.5) is 10.1 Å². The summed E-state index contributed by atoms with van der Waals surface area (Å²) in [5, 5.41) is 3.47. The molecule has 104 valence electrons. The van der Waals surface area contributed by atoms with Crippen molar-refractivity contribution in [3.8, 4) is 0 Å². The highest BCUT2D eigenvalue weighted by Crippen LogP contribution is 2.28. The largest absolute Gasteiger partial charge is 0.363 e. The Morgan fingerprint density at radius 1 is 1.00 bits per heavy atom. The number of hydrogen-bond acceptors (Lipinski definition) is 2. The van der Waals surface area contributed by atoms with Gasteiger partial charge in [0.25, 0.3) is 0 Å².